The van der Waals surface area contributed by atoms with Gasteiger partial charge in [-0.3, -0.25) is 4.68 Å². The lowest BCUT2D eigenvalue weighted by Gasteiger charge is -2.10. The van der Waals surface area contributed by atoms with Crippen LogP contribution in [0.4, 0.5) is 11.5 Å². The Morgan fingerprint density at radius 3 is 2.64 bits per heavy atom. The highest BCUT2D eigenvalue weighted by Crippen LogP contribution is 2.17. The molecule has 4 nitrogen and oxygen atoms in total. The first-order chi connectivity index (χ1) is 12.0. The third kappa shape index (κ3) is 4.59. The van der Waals surface area contributed by atoms with Crippen LogP contribution in [0.2, 0.25) is 5.02 Å². The van der Waals surface area contributed by atoms with Gasteiger partial charge in [-0.25, -0.2) is 0 Å². The van der Waals surface area contributed by atoms with Gasteiger partial charge in [0, 0.05) is 23.0 Å². The lowest BCUT2D eigenvalue weighted by Crippen LogP contribution is -2.19. The molecule has 1 aromatic heterocycles. The zero-order valence-corrected chi connectivity index (χ0v) is 15.7. The topological polar surface area (TPSA) is 41.9 Å². The molecule has 0 bridgehead atoms. The van der Waals surface area contributed by atoms with Crippen LogP contribution in [-0.2, 0) is 6.54 Å². The molecular formula is C19H19ClN4S. The highest BCUT2D eigenvalue weighted by Gasteiger charge is 2.05. The number of benzene rings is 2. The molecule has 0 spiro atoms. The van der Waals surface area contributed by atoms with Crippen LogP contribution in [-0.4, -0.2) is 14.9 Å². The largest absolute Gasteiger partial charge is 0.332 e. The van der Waals surface area contributed by atoms with Crippen LogP contribution in [0, 0.1) is 13.8 Å². The minimum absolute atomic E-state index is 0.506. The van der Waals surface area contributed by atoms with Crippen molar-refractivity contribution in [1.82, 2.24) is 9.78 Å². The molecule has 0 saturated heterocycles. The minimum Gasteiger partial charge on any atom is -0.332 e. The van der Waals surface area contributed by atoms with Crippen LogP contribution in [0.25, 0.3) is 0 Å². The summed E-state index contributed by atoms with van der Waals surface area (Å²) < 4.78 is 1.82. The van der Waals surface area contributed by atoms with Crippen LogP contribution in [0.1, 0.15) is 16.7 Å². The number of anilines is 2. The number of aryl methyl sites for hydroxylation is 2. The smallest absolute Gasteiger partial charge is 0.176 e. The Hall–Kier alpha value is -2.37. The fourth-order valence-corrected chi connectivity index (χ4v) is 2.83. The van der Waals surface area contributed by atoms with Crippen molar-refractivity contribution in [3.05, 3.63) is 76.4 Å². The third-order valence-corrected chi connectivity index (χ3v) is 4.51. The number of hydrogen-bond acceptors (Lipinski definition) is 2. The van der Waals surface area contributed by atoms with Gasteiger partial charge in [0.25, 0.3) is 0 Å². The molecule has 0 aliphatic carbocycles. The molecule has 2 N–H and O–H groups in total. The monoisotopic (exact) mass is 370 g/mol. The summed E-state index contributed by atoms with van der Waals surface area (Å²) in [6, 6.07) is 15.8. The van der Waals surface area contributed by atoms with E-state index < -0.39 is 0 Å². The quantitative estimate of drug-likeness (QED) is 0.633. The highest BCUT2D eigenvalue weighted by atomic mass is 35.5. The molecule has 3 rings (SSSR count). The second kappa shape index (κ2) is 7.68. The first kappa shape index (κ1) is 17.5. The second-order valence-corrected chi connectivity index (χ2v) is 6.68. The number of nitrogens with zero attached hydrogens (tertiary/aromatic N) is 2. The van der Waals surface area contributed by atoms with Gasteiger partial charge in [0.1, 0.15) is 0 Å². The van der Waals surface area contributed by atoms with Gasteiger partial charge in [-0.05, 0) is 61.0 Å². The molecule has 1 heterocycles. The Morgan fingerprint density at radius 2 is 1.88 bits per heavy atom. The molecule has 0 unspecified atom stereocenters. The SMILES string of the molecule is Cc1ccc(NC(=S)Nc2ccn(Cc3ccccc3Cl)n2)cc1C. The van der Waals surface area contributed by atoms with Crippen molar-refractivity contribution in [2.75, 3.05) is 10.6 Å². The molecule has 0 radical (unpaired) electrons. The fraction of sp³-hybridized carbons (Fsp3) is 0.158. The molecular weight excluding hydrogens is 352 g/mol. The molecule has 0 aliphatic rings. The van der Waals surface area contributed by atoms with Crippen molar-refractivity contribution in [3.63, 3.8) is 0 Å². The Morgan fingerprint density at radius 1 is 1.08 bits per heavy atom. The highest BCUT2D eigenvalue weighted by molar-refractivity contribution is 7.80. The van der Waals surface area contributed by atoms with Gasteiger partial charge >= 0.3 is 0 Å². The van der Waals surface area contributed by atoms with Gasteiger partial charge in [-0.2, -0.15) is 5.10 Å². The molecule has 6 heteroatoms. The summed E-state index contributed by atoms with van der Waals surface area (Å²) in [6.45, 7) is 4.77. The first-order valence-electron chi connectivity index (χ1n) is 7.93. The molecule has 0 amide bonds. The molecule has 128 valence electrons. The molecule has 0 atom stereocenters. The Balaban J connectivity index is 1.61. The maximum atomic E-state index is 6.19. The maximum Gasteiger partial charge on any atom is 0.176 e. The summed E-state index contributed by atoms with van der Waals surface area (Å²) in [5.41, 5.74) is 4.45. The summed E-state index contributed by atoms with van der Waals surface area (Å²) in [4.78, 5) is 0. The number of rotatable bonds is 4. The third-order valence-electron chi connectivity index (χ3n) is 3.94. The van der Waals surface area contributed by atoms with Gasteiger partial charge in [-0.15, -0.1) is 0 Å². The van der Waals surface area contributed by atoms with E-state index in [1.54, 1.807) is 0 Å². The van der Waals surface area contributed by atoms with Crippen LogP contribution in [0.3, 0.4) is 0 Å². The molecule has 3 aromatic rings. The van der Waals surface area contributed by atoms with Crippen molar-refractivity contribution in [3.8, 4) is 0 Å². The van der Waals surface area contributed by atoms with E-state index in [1.165, 1.54) is 11.1 Å². The summed E-state index contributed by atoms with van der Waals surface area (Å²) in [6.07, 6.45) is 1.89. The molecule has 25 heavy (non-hydrogen) atoms. The summed E-state index contributed by atoms with van der Waals surface area (Å²) in [7, 11) is 0. The normalized spacial score (nSPS) is 10.5. The van der Waals surface area contributed by atoms with Gasteiger partial charge in [0.15, 0.2) is 10.9 Å². The van der Waals surface area contributed by atoms with Crippen molar-refractivity contribution in [2.24, 2.45) is 0 Å². The Kier molecular flexibility index (Phi) is 5.36. The van der Waals surface area contributed by atoms with Crippen molar-refractivity contribution in [2.45, 2.75) is 20.4 Å². The number of hydrogen-bond donors (Lipinski definition) is 2. The van der Waals surface area contributed by atoms with Crippen molar-refractivity contribution in [1.29, 1.82) is 0 Å². The van der Waals surface area contributed by atoms with Crippen LogP contribution in [0.5, 0.6) is 0 Å². The Labute approximate surface area is 157 Å². The zero-order chi connectivity index (χ0) is 17.8. The number of halogens is 1. The van der Waals surface area contributed by atoms with E-state index in [0.29, 0.717) is 17.5 Å². The van der Waals surface area contributed by atoms with E-state index in [1.807, 2.05) is 47.3 Å². The standard InChI is InChI=1S/C19H19ClN4S/c1-13-7-8-16(11-14(13)2)21-19(25)22-18-9-10-24(23-18)12-15-5-3-4-6-17(15)20/h3-11H,12H2,1-2H3,(H2,21,22,23,25). The number of nitrogens with one attached hydrogen (secondary N) is 2. The number of thiocarbonyl (C=S) groups is 1. The summed E-state index contributed by atoms with van der Waals surface area (Å²) in [5.74, 6) is 0.688. The summed E-state index contributed by atoms with van der Waals surface area (Å²) >= 11 is 11.6. The van der Waals surface area contributed by atoms with E-state index in [2.05, 4.69) is 41.7 Å². The molecule has 0 fully saturated rings. The molecule has 0 aliphatic heterocycles. The van der Waals surface area contributed by atoms with Crippen LogP contribution < -0.4 is 10.6 Å². The lowest BCUT2D eigenvalue weighted by molar-refractivity contribution is 0.690. The van der Waals surface area contributed by atoms with Gasteiger partial charge in [0.05, 0.1) is 6.54 Å². The average Bonchev–Trinajstić information content (AvgIpc) is 3.00. The predicted molar refractivity (Wildman–Crippen MR) is 109 cm³/mol. The van der Waals surface area contributed by atoms with E-state index >= 15 is 0 Å². The van der Waals surface area contributed by atoms with Crippen molar-refractivity contribution < 1.29 is 0 Å². The lowest BCUT2D eigenvalue weighted by atomic mass is 10.1. The maximum absolute atomic E-state index is 6.19. The van der Waals surface area contributed by atoms with Gasteiger partial charge < -0.3 is 10.6 Å². The van der Waals surface area contributed by atoms with Crippen LogP contribution >= 0.6 is 23.8 Å². The number of aromatic nitrogens is 2. The zero-order valence-electron chi connectivity index (χ0n) is 14.1. The minimum atomic E-state index is 0.506. The van der Waals surface area contributed by atoms with E-state index in [-0.39, 0.29) is 0 Å². The predicted octanol–water partition coefficient (Wildman–Crippen LogP) is 5.01. The fourth-order valence-electron chi connectivity index (χ4n) is 2.42. The Bertz CT molecular complexity index is 904. The van der Waals surface area contributed by atoms with Crippen LogP contribution in [0.15, 0.2) is 54.7 Å². The summed E-state index contributed by atoms with van der Waals surface area (Å²) in [5, 5.41) is 12.0. The molecule has 2 aromatic carbocycles. The molecule has 0 saturated carbocycles. The van der Waals surface area contributed by atoms with E-state index in [4.69, 9.17) is 23.8 Å². The van der Waals surface area contributed by atoms with Gasteiger partial charge in [-0.1, -0.05) is 35.9 Å². The van der Waals surface area contributed by atoms with E-state index in [9.17, 15) is 0 Å². The first-order valence-corrected chi connectivity index (χ1v) is 8.72. The average molecular weight is 371 g/mol. The van der Waals surface area contributed by atoms with E-state index in [0.717, 1.165) is 16.3 Å². The van der Waals surface area contributed by atoms with Gasteiger partial charge in [0.2, 0.25) is 0 Å². The second-order valence-electron chi connectivity index (χ2n) is 5.87. The van der Waals surface area contributed by atoms with Crippen molar-refractivity contribution >= 4 is 40.4 Å².